The summed E-state index contributed by atoms with van der Waals surface area (Å²) in [4.78, 5) is 16.9. The second-order valence-corrected chi connectivity index (χ2v) is 6.23. The van der Waals surface area contributed by atoms with Gasteiger partial charge in [0.25, 0.3) is 0 Å². The van der Waals surface area contributed by atoms with Crippen molar-refractivity contribution in [3.05, 3.63) is 0 Å². The van der Waals surface area contributed by atoms with E-state index in [4.69, 9.17) is 5.84 Å². The van der Waals surface area contributed by atoms with Crippen LogP contribution in [0.2, 0.25) is 0 Å². The van der Waals surface area contributed by atoms with Crippen LogP contribution in [0.3, 0.4) is 0 Å². The molecule has 0 bridgehead atoms. The summed E-state index contributed by atoms with van der Waals surface area (Å²) in [5.74, 6) is 4.78. The molecule has 0 aliphatic heterocycles. The molecule has 5 heteroatoms. The van der Waals surface area contributed by atoms with Crippen molar-refractivity contribution in [3.8, 4) is 0 Å². The smallest absolute Gasteiger partial charge is 0.319 e. The number of unbranched alkanes of at least 4 members (excludes halogenated alkanes) is 4. The van der Waals surface area contributed by atoms with E-state index in [9.17, 15) is 4.79 Å². The number of carbonyl (C=O) groups is 1. The van der Waals surface area contributed by atoms with Gasteiger partial charge in [0.15, 0.2) is 0 Å². The Morgan fingerprint density at radius 1 is 0.708 bits per heavy atom. The molecule has 0 aromatic carbocycles. The van der Waals surface area contributed by atoms with Crippen LogP contribution in [0, 0.1) is 0 Å². The van der Waals surface area contributed by atoms with Crippen molar-refractivity contribution < 1.29 is 4.79 Å². The molecule has 0 aliphatic rings. The van der Waals surface area contributed by atoms with E-state index in [1.165, 1.54) is 0 Å². The molecule has 0 saturated heterocycles. The van der Waals surface area contributed by atoms with Crippen LogP contribution < -0.4 is 11.3 Å². The molecule has 0 fully saturated rings. The van der Waals surface area contributed by atoms with E-state index in [1.54, 1.807) is 0 Å². The number of hydrogen-bond acceptors (Lipinski definition) is 3. The predicted molar refractivity (Wildman–Crippen MR) is 106 cm³/mol. The van der Waals surface area contributed by atoms with Crippen LogP contribution in [-0.4, -0.2) is 48.6 Å². The van der Waals surface area contributed by atoms with Crippen molar-refractivity contribution >= 4 is 6.03 Å². The molecule has 0 unspecified atom stereocenters. The number of urea groups is 1. The summed E-state index contributed by atoms with van der Waals surface area (Å²) in [6.45, 7) is 15.2. The first kappa shape index (κ1) is 25.4. The zero-order chi connectivity index (χ0) is 18.6. The van der Waals surface area contributed by atoms with Crippen LogP contribution in [0.4, 0.5) is 4.79 Å². The van der Waals surface area contributed by atoms with Crippen molar-refractivity contribution in [2.45, 2.75) is 86.0 Å². The van der Waals surface area contributed by atoms with Crippen LogP contribution in [0.25, 0.3) is 0 Å². The molecular weight excluding hydrogens is 300 g/mol. The van der Waals surface area contributed by atoms with Crippen LogP contribution in [0.5, 0.6) is 0 Å². The number of carbonyl (C=O) groups excluding carboxylic acids is 1. The van der Waals surface area contributed by atoms with Crippen LogP contribution in [-0.2, 0) is 0 Å². The number of nitrogens with zero attached hydrogens (tertiary/aromatic N) is 2. The minimum Gasteiger partial charge on any atom is -0.325 e. The van der Waals surface area contributed by atoms with Gasteiger partial charge in [-0.25, -0.2) is 4.79 Å². The maximum atomic E-state index is 12.7. The third kappa shape index (κ3) is 14.8. The third-order valence-corrected chi connectivity index (χ3v) is 3.87. The monoisotopic (exact) mass is 344 g/mol. The summed E-state index contributed by atoms with van der Waals surface area (Å²) < 4.78 is 0. The van der Waals surface area contributed by atoms with E-state index in [0.717, 1.165) is 84.1 Å². The molecule has 2 amide bonds. The fourth-order valence-corrected chi connectivity index (χ4v) is 2.20. The molecule has 146 valence electrons. The van der Waals surface area contributed by atoms with Gasteiger partial charge in [0, 0.05) is 32.7 Å². The standard InChI is InChI=1S/C17H36N2O.C2H8N2/c1-5-9-13-18(14-10-6-2)17(20)19(15-11-7-3)16-12-8-4;1-2-4-3/h5-16H2,1-4H3;4H,2-3H2,1H3. The first-order valence-corrected chi connectivity index (χ1v) is 10.1. The maximum Gasteiger partial charge on any atom is 0.319 e. The highest BCUT2D eigenvalue weighted by atomic mass is 16.2. The molecule has 0 saturated carbocycles. The third-order valence-electron chi connectivity index (χ3n) is 3.87. The lowest BCUT2D eigenvalue weighted by atomic mass is 10.2. The van der Waals surface area contributed by atoms with Crippen molar-refractivity contribution in [2.24, 2.45) is 5.84 Å². The summed E-state index contributed by atoms with van der Waals surface area (Å²) in [5, 5.41) is 0. The van der Waals surface area contributed by atoms with Gasteiger partial charge in [0.2, 0.25) is 0 Å². The SMILES string of the molecule is CCCCN(CCCC)C(=O)N(CCCC)CCCC.CCNN. The summed E-state index contributed by atoms with van der Waals surface area (Å²) in [6.07, 6.45) is 9.07. The normalized spacial score (nSPS) is 10.1. The highest BCUT2D eigenvalue weighted by Gasteiger charge is 2.19. The molecule has 0 atom stereocenters. The fourth-order valence-electron chi connectivity index (χ4n) is 2.20. The number of rotatable bonds is 13. The van der Waals surface area contributed by atoms with E-state index >= 15 is 0 Å². The van der Waals surface area contributed by atoms with Gasteiger partial charge < -0.3 is 9.80 Å². The summed E-state index contributed by atoms with van der Waals surface area (Å²) in [7, 11) is 0. The number of nitrogens with one attached hydrogen (secondary N) is 1. The number of hydrazine groups is 1. The number of hydrogen-bond donors (Lipinski definition) is 2. The van der Waals surface area contributed by atoms with Gasteiger partial charge >= 0.3 is 6.03 Å². The molecule has 0 heterocycles. The van der Waals surface area contributed by atoms with Crippen molar-refractivity contribution in [2.75, 3.05) is 32.7 Å². The largest absolute Gasteiger partial charge is 0.325 e. The summed E-state index contributed by atoms with van der Waals surface area (Å²) >= 11 is 0. The lowest BCUT2D eigenvalue weighted by molar-refractivity contribution is 0.149. The van der Waals surface area contributed by atoms with Crippen LogP contribution in [0.1, 0.15) is 86.0 Å². The van der Waals surface area contributed by atoms with Gasteiger partial charge in [-0.3, -0.25) is 11.3 Å². The summed E-state index contributed by atoms with van der Waals surface area (Å²) in [6, 6.07) is 0.272. The Hall–Kier alpha value is -0.810. The van der Waals surface area contributed by atoms with E-state index in [2.05, 4.69) is 42.9 Å². The molecule has 24 heavy (non-hydrogen) atoms. The van der Waals surface area contributed by atoms with E-state index in [1.807, 2.05) is 6.92 Å². The molecule has 0 rings (SSSR count). The maximum absolute atomic E-state index is 12.7. The number of nitrogens with two attached hydrogens (primary N) is 1. The number of amides is 2. The second-order valence-electron chi connectivity index (χ2n) is 6.23. The van der Waals surface area contributed by atoms with Crippen molar-refractivity contribution in [3.63, 3.8) is 0 Å². The van der Waals surface area contributed by atoms with Gasteiger partial charge in [-0.05, 0) is 25.7 Å². The van der Waals surface area contributed by atoms with Crippen LogP contribution in [0.15, 0.2) is 0 Å². The zero-order valence-electron chi connectivity index (χ0n) is 17.1. The minimum absolute atomic E-state index is 0.272. The highest BCUT2D eigenvalue weighted by Crippen LogP contribution is 2.08. The molecule has 0 aliphatic carbocycles. The Morgan fingerprint density at radius 2 is 0.958 bits per heavy atom. The predicted octanol–water partition coefficient (Wildman–Crippen LogP) is 4.38. The molecule has 3 N–H and O–H groups in total. The summed E-state index contributed by atoms with van der Waals surface area (Å²) in [5.41, 5.74) is 2.43. The molecule has 0 aromatic rings. The van der Waals surface area contributed by atoms with Gasteiger partial charge in [-0.15, -0.1) is 0 Å². The van der Waals surface area contributed by atoms with Gasteiger partial charge in [0.05, 0.1) is 0 Å². The molecule has 0 aromatic heterocycles. The van der Waals surface area contributed by atoms with Crippen molar-refractivity contribution in [1.82, 2.24) is 15.2 Å². The van der Waals surface area contributed by atoms with Gasteiger partial charge in [0.1, 0.15) is 0 Å². The van der Waals surface area contributed by atoms with Gasteiger partial charge in [-0.2, -0.15) is 0 Å². The molecule has 5 nitrogen and oxygen atoms in total. The average molecular weight is 345 g/mol. The minimum atomic E-state index is 0.272. The molecule has 0 radical (unpaired) electrons. The van der Waals surface area contributed by atoms with E-state index in [0.29, 0.717) is 0 Å². The fraction of sp³-hybridized carbons (Fsp3) is 0.947. The Morgan fingerprint density at radius 3 is 1.12 bits per heavy atom. The van der Waals surface area contributed by atoms with E-state index in [-0.39, 0.29) is 6.03 Å². The van der Waals surface area contributed by atoms with Gasteiger partial charge in [-0.1, -0.05) is 60.3 Å². The van der Waals surface area contributed by atoms with Crippen molar-refractivity contribution in [1.29, 1.82) is 0 Å². The topological polar surface area (TPSA) is 61.6 Å². The quantitative estimate of drug-likeness (QED) is 0.385. The molecular formula is C19H44N4O. The first-order chi connectivity index (χ1) is 11.6. The Bertz CT molecular complexity index is 222. The van der Waals surface area contributed by atoms with E-state index < -0.39 is 0 Å². The second kappa shape index (κ2) is 20.2. The molecule has 0 spiro atoms. The zero-order valence-corrected chi connectivity index (χ0v) is 17.1. The highest BCUT2D eigenvalue weighted by molar-refractivity contribution is 5.74. The lowest BCUT2D eigenvalue weighted by Crippen LogP contribution is -2.45. The average Bonchev–Trinajstić information content (AvgIpc) is 2.61. The first-order valence-electron chi connectivity index (χ1n) is 10.1. The lowest BCUT2D eigenvalue weighted by Gasteiger charge is -2.31. The Labute approximate surface area is 151 Å². The Balaban J connectivity index is 0. The Kier molecular flexibility index (Phi) is 21.4. The van der Waals surface area contributed by atoms with Crippen LogP contribution >= 0.6 is 0 Å².